The minimum Gasteiger partial charge on any atom is -0.299 e. The molecule has 0 spiro atoms. The minimum absolute atomic E-state index is 0.964. The lowest BCUT2D eigenvalue weighted by atomic mass is 10.1. The van der Waals surface area contributed by atoms with E-state index in [2.05, 4.69) is 51.8 Å². The van der Waals surface area contributed by atoms with Crippen molar-refractivity contribution in [2.24, 2.45) is 0 Å². The molecule has 0 N–H and O–H groups in total. The number of rotatable bonds is 0. The average Bonchev–Trinajstić information content (AvgIpc) is 3.26. The highest BCUT2D eigenvalue weighted by Crippen LogP contribution is 2.40. The summed E-state index contributed by atoms with van der Waals surface area (Å²) in [4.78, 5) is 9.26. The molecule has 0 bridgehead atoms. The first kappa shape index (κ1) is 12.4. The first-order valence-electron chi connectivity index (χ1n) is 7.85. The normalized spacial score (nSPS) is 12.2. The van der Waals surface area contributed by atoms with Gasteiger partial charge in [-0.05, 0) is 24.3 Å². The minimum atomic E-state index is 0.964. The van der Waals surface area contributed by atoms with Gasteiger partial charge < -0.3 is 0 Å². The first-order valence-corrected chi connectivity index (χ1v) is 8.67. The van der Waals surface area contributed by atoms with E-state index in [-0.39, 0.29) is 0 Å². The molecule has 112 valence electrons. The summed E-state index contributed by atoms with van der Waals surface area (Å²) in [6, 6.07) is 17.1. The van der Waals surface area contributed by atoms with E-state index < -0.39 is 0 Å². The molecule has 4 heterocycles. The van der Waals surface area contributed by atoms with Crippen LogP contribution in [0.3, 0.4) is 0 Å². The highest BCUT2D eigenvalue weighted by atomic mass is 32.1. The van der Waals surface area contributed by atoms with E-state index in [4.69, 9.17) is 4.98 Å². The highest BCUT2D eigenvalue weighted by Gasteiger charge is 2.15. The van der Waals surface area contributed by atoms with Crippen LogP contribution in [0.25, 0.3) is 47.6 Å². The number of nitrogens with zero attached hydrogens (tertiary/aromatic N) is 3. The molecule has 6 rings (SSSR count). The Hall–Kier alpha value is -2.98. The fourth-order valence-electron chi connectivity index (χ4n) is 3.69. The van der Waals surface area contributed by atoms with Crippen LogP contribution in [0.15, 0.2) is 67.1 Å². The maximum Gasteiger partial charge on any atom is 0.146 e. The molecule has 0 unspecified atom stereocenters. The average molecular weight is 325 g/mol. The molecule has 4 heteroatoms. The van der Waals surface area contributed by atoms with Crippen LogP contribution in [-0.2, 0) is 0 Å². The Balaban J connectivity index is 2.03. The molecule has 0 aliphatic carbocycles. The first-order chi connectivity index (χ1) is 11.9. The van der Waals surface area contributed by atoms with Gasteiger partial charge in [0.25, 0.3) is 0 Å². The van der Waals surface area contributed by atoms with Crippen molar-refractivity contribution in [1.29, 1.82) is 0 Å². The summed E-state index contributed by atoms with van der Waals surface area (Å²) >= 11 is 1.84. The lowest BCUT2D eigenvalue weighted by Gasteiger charge is -2.08. The molecule has 0 radical (unpaired) electrons. The van der Waals surface area contributed by atoms with E-state index in [1.807, 2.05) is 36.0 Å². The van der Waals surface area contributed by atoms with E-state index in [0.717, 1.165) is 22.1 Å². The summed E-state index contributed by atoms with van der Waals surface area (Å²) < 4.78 is 4.78. The summed E-state index contributed by atoms with van der Waals surface area (Å²) in [6.07, 6.45) is 5.76. The molecule has 0 aliphatic heterocycles. The molecule has 0 saturated heterocycles. The van der Waals surface area contributed by atoms with Crippen LogP contribution >= 0.6 is 11.3 Å². The van der Waals surface area contributed by atoms with E-state index >= 15 is 0 Å². The second kappa shape index (κ2) is 4.30. The number of fused-ring (bicyclic) bond motifs is 10. The van der Waals surface area contributed by atoms with Crippen molar-refractivity contribution in [1.82, 2.24) is 14.4 Å². The molecule has 3 nitrogen and oxygen atoms in total. The molecule has 0 amide bonds. The molecule has 0 atom stereocenters. The molecule has 4 aromatic heterocycles. The summed E-state index contributed by atoms with van der Waals surface area (Å²) in [5, 5.41) is 4.93. The largest absolute Gasteiger partial charge is 0.299 e. The molecule has 6 aromatic rings. The lowest BCUT2D eigenvalue weighted by Crippen LogP contribution is -1.91. The van der Waals surface area contributed by atoms with Crippen LogP contribution in [0, 0.1) is 0 Å². The summed E-state index contributed by atoms with van der Waals surface area (Å²) in [6.45, 7) is 0. The number of aromatic nitrogens is 3. The predicted molar refractivity (Wildman–Crippen MR) is 101 cm³/mol. The third kappa shape index (κ3) is 1.42. The van der Waals surface area contributed by atoms with Crippen molar-refractivity contribution in [3.63, 3.8) is 0 Å². The van der Waals surface area contributed by atoms with Gasteiger partial charge in [0.15, 0.2) is 0 Å². The zero-order valence-corrected chi connectivity index (χ0v) is 13.4. The number of hydrogen-bond acceptors (Lipinski definition) is 3. The number of benzene rings is 2. The number of pyridine rings is 2. The Morgan fingerprint density at radius 3 is 2.71 bits per heavy atom. The number of hydrogen-bond donors (Lipinski definition) is 0. The van der Waals surface area contributed by atoms with Crippen molar-refractivity contribution in [2.75, 3.05) is 0 Å². The smallest absolute Gasteiger partial charge is 0.146 e. The van der Waals surface area contributed by atoms with Crippen LogP contribution in [0.4, 0.5) is 0 Å². The van der Waals surface area contributed by atoms with Crippen LogP contribution < -0.4 is 0 Å². The van der Waals surface area contributed by atoms with Gasteiger partial charge in [0.1, 0.15) is 5.65 Å². The summed E-state index contributed by atoms with van der Waals surface area (Å²) in [7, 11) is 0. The van der Waals surface area contributed by atoms with Crippen molar-refractivity contribution in [3.05, 3.63) is 67.1 Å². The Bertz CT molecular complexity index is 1410. The van der Waals surface area contributed by atoms with Gasteiger partial charge in [-0.2, -0.15) is 0 Å². The lowest BCUT2D eigenvalue weighted by molar-refractivity contribution is 1.27. The molecule has 0 aliphatic rings. The SMILES string of the molecule is c1ccc2c(c1)sc1c2ccc2c1c1ncccc1c1nccn21. The van der Waals surface area contributed by atoms with Gasteiger partial charge in [0.2, 0.25) is 0 Å². The van der Waals surface area contributed by atoms with Crippen molar-refractivity contribution < 1.29 is 0 Å². The number of imidazole rings is 1. The molecule has 0 saturated carbocycles. The molecule has 24 heavy (non-hydrogen) atoms. The third-order valence-corrected chi connectivity index (χ3v) is 5.91. The molecule has 2 aromatic carbocycles. The van der Waals surface area contributed by atoms with Crippen molar-refractivity contribution in [3.8, 4) is 0 Å². The molecular weight excluding hydrogens is 314 g/mol. The fourth-order valence-corrected chi connectivity index (χ4v) is 4.94. The molecule has 0 fully saturated rings. The fraction of sp³-hybridized carbons (Fsp3) is 0. The molecular formula is C20H11N3S. The quantitative estimate of drug-likeness (QED) is 0.350. The standard InChI is InChI=1S/C20H11N3S/c1-2-6-16-12(4-1)13-7-8-15-17(19(13)24-16)18-14(5-3-9-21-18)20-22-10-11-23(15)20/h1-11H. The Kier molecular flexibility index (Phi) is 2.23. The highest BCUT2D eigenvalue weighted by molar-refractivity contribution is 7.26. The zero-order valence-electron chi connectivity index (χ0n) is 12.6. The van der Waals surface area contributed by atoms with Crippen LogP contribution in [0.1, 0.15) is 0 Å². The van der Waals surface area contributed by atoms with Crippen molar-refractivity contribution >= 4 is 59.0 Å². The summed E-state index contributed by atoms with van der Waals surface area (Å²) in [5.41, 5.74) is 3.15. The van der Waals surface area contributed by atoms with Gasteiger partial charge in [0.05, 0.1) is 11.0 Å². The van der Waals surface area contributed by atoms with Gasteiger partial charge in [-0.15, -0.1) is 11.3 Å². The Morgan fingerprint density at radius 2 is 1.71 bits per heavy atom. The maximum absolute atomic E-state index is 4.71. The van der Waals surface area contributed by atoms with Gasteiger partial charge in [0, 0.05) is 49.5 Å². The zero-order chi connectivity index (χ0) is 15.7. The maximum atomic E-state index is 4.71. The second-order valence-electron chi connectivity index (χ2n) is 5.96. The second-order valence-corrected chi connectivity index (χ2v) is 7.01. The van der Waals surface area contributed by atoms with Gasteiger partial charge in [-0.3, -0.25) is 9.38 Å². The van der Waals surface area contributed by atoms with E-state index in [0.29, 0.717) is 0 Å². The van der Waals surface area contributed by atoms with E-state index in [1.54, 1.807) is 0 Å². The van der Waals surface area contributed by atoms with E-state index in [9.17, 15) is 0 Å². The summed E-state index contributed by atoms with van der Waals surface area (Å²) in [5.74, 6) is 0. The Labute approximate surface area is 140 Å². The van der Waals surface area contributed by atoms with Gasteiger partial charge in [-0.25, -0.2) is 4.98 Å². The topological polar surface area (TPSA) is 30.2 Å². The Morgan fingerprint density at radius 1 is 0.792 bits per heavy atom. The van der Waals surface area contributed by atoms with E-state index in [1.165, 1.54) is 25.6 Å². The third-order valence-electron chi connectivity index (χ3n) is 4.71. The van der Waals surface area contributed by atoms with Crippen LogP contribution in [-0.4, -0.2) is 14.4 Å². The van der Waals surface area contributed by atoms with Gasteiger partial charge in [-0.1, -0.05) is 24.3 Å². The number of thiophene rings is 1. The van der Waals surface area contributed by atoms with Crippen LogP contribution in [0.2, 0.25) is 0 Å². The van der Waals surface area contributed by atoms with Crippen LogP contribution in [0.5, 0.6) is 0 Å². The van der Waals surface area contributed by atoms with Crippen molar-refractivity contribution in [2.45, 2.75) is 0 Å². The monoisotopic (exact) mass is 325 g/mol. The predicted octanol–water partition coefficient (Wildman–Crippen LogP) is 5.40. The van der Waals surface area contributed by atoms with Gasteiger partial charge >= 0.3 is 0 Å².